The van der Waals surface area contributed by atoms with Gasteiger partial charge in [0, 0.05) is 0 Å². The van der Waals surface area contributed by atoms with Gasteiger partial charge in [-0.2, -0.15) is 5.26 Å². The van der Waals surface area contributed by atoms with Crippen LogP contribution in [0.4, 0.5) is 0 Å². The third kappa shape index (κ3) is 2.39. The third-order valence-corrected chi connectivity index (χ3v) is 4.01. The van der Waals surface area contributed by atoms with Crippen molar-refractivity contribution in [2.75, 3.05) is 0 Å². The number of rotatable bonds is 1. The van der Waals surface area contributed by atoms with Crippen molar-refractivity contribution in [3.8, 4) is 6.07 Å². The smallest absolute Gasteiger partial charge is 0.399 e. The third-order valence-electron chi connectivity index (χ3n) is 3.46. The molecule has 1 saturated heterocycles. The van der Waals surface area contributed by atoms with Crippen LogP contribution in [0.2, 0.25) is 0 Å². The summed E-state index contributed by atoms with van der Waals surface area (Å²) >= 11 is 2.09. The Morgan fingerprint density at radius 2 is 1.78 bits per heavy atom. The summed E-state index contributed by atoms with van der Waals surface area (Å²) in [7, 11) is -0.446. The van der Waals surface area contributed by atoms with Crippen molar-refractivity contribution in [2.24, 2.45) is 0 Å². The van der Waals surface area contributed by atoms with Crippen LogP contribution in [-0.4, -0.2) is 23.3 Å². The van der Waals surface area contributed by atoms with Gasteiger partial charge in [-0.05, 0) is 67.9 Å². The highest BCUT2D eigenvalue weighted by Crippen LogP contribution is 2.36. The molecule has 18 heavy (non-hydrogen) atoms. The second kappa shape index (κ2) is 4.47. The molecule has 0 atom stereocenters. The van der Waals surface area contributed by atoms with E-state index in [1.807, 2.05) is 39.8 Å². The molecule has 0 unspecified atom stereocenters. The lowest BCUT2D eigenvalue weighted by Crippen LogP contribution is -2.41. The molecule has 0 amide bonds. The first-order chi connectivity index (χ1) is 8.25. The summed E-state index contributed by atoms with van der Waals surface area (Å²) in [6, 6.07) is 5.64. The fourth-order valence-electron chi connectivity index (χ4n) is 1.69. The van der Waals surface area contributed by atoms with Gasteiger partial charge in [-0.15, -0.1) is 0 Å². The molecule has 1 fully saturated rings. The van der Waals surface area contributed by atoms with Crippen LogP contribution in [0.3, 0.4) is 0 Å². The standard InChI is InChI=1S/C12H14BIN2O2/c1-11(2)12(3,4)18-13(17-11)8-5-9(7-15)16-10(14)6-8/h5-6H,1-4H3. The fourth-order valence-corrected chi connectivity index (χ4v) is 2.31. The van der Waals surface area contributed by atoms with Crippen molar-refractivity contribution in [3.63, 3.8) is 0 Å². The highest BCUT2D eigenvalue weighted by molar-refractivity contribution is 14.1. The van der Waals surface area contributed by atoms with Gasteiger partial charge in [0.25, 0.3) is 0 Å². The Kier molecular flexibility index (Phi) is 3.43. The van der Waals surface area contributed by atoms with Gasteiger partial charge in [0.15, 0.2) is 0 Å². The molecular formula is C12H14BIN2O2. The van der Waals surface area contributed by atoms with Crippen LogP contribution in [0.1, 0.15) is 33.4 Å². The lowest BCUT2D eigenvalue weighted by molar-refractivity contribution is 0.00578. The zero-order valence-electron chi connectivity index (χ0n) is 10.8. The Labute approximate surface area is 121 Å². The van der Waals surface area contributed by atoms with Gasteiger partial charge in [0.05, 0.1) is 11.2 Å². The van der Waals surface area contributed by atoms with Crippen LogP contribution in [0.15, 0.2) is 12.1 Å². The van der Waals surface area contributed by atoms with E-state index in [9.17, 15) is 0 Å². The van der Waals surface area contributed by atoms with E-state index >= 15 is 0 Å². The lowest BCUT2D eigenvalue weighted by atomic mass is 9.79. The van der Waals surface area contributed by atoms with Crippen LogP contribution in [0.25, 0.3) is 0 Å². The average molecular weight is 356 g/mol. The first-order valence-electron chi connectivity index (χ1n) is 5.68. The monoisotopic (exact) mass is 356 g/mol. The molecule has 0 radical (unpaired) electrons. The first kappa shape index (κ1) is 13.8. The molecule has 1 aliphatic rings. The highest BCUT2D eigenvalue weighted by atomic mass is 127. The predicted molar refractivity (Wildman–Crippen MR) is 77.4 cm³/mol. The van der Waals surface area contributed by atoms with E-state index < -0.39 is 7.12 Å². The SMILES string of the molecule is CC1(C)OB(c2cc(I)nc(C#N)c2)OC1(C)C. The Morgan fingerprint density at radius 1 is 1.22 bits per heavy atom. The van der Waals surface area contributed by atoms with Gasteiger partial charge < -0.3 is 9.31 Å². The molecule has 0 bridgehead atoms. The van der Waals surface area contributed by atoms with E-state index in [0.29, 0.717) is 5.69 Å². The second-order valence-electron chi connectivity index (χ2n) is 5.31. The van der Waals surface area contributed by atoms with E-state index in [1.165, 1.54) is 0 Å². The number of nitrogens with zero attached hydrogens (tertiary/aromatic N) is 2. The van der Waals surface area contributed by atoms with Crippen LogP contribution >= 0.6 is 22.6 Å². The summed E-state index contributed by atoms with van der Waals surface area (Å²) < 4.78 is 12.6. The van der Waals surface area contributed by atoms with Crippen molar-refractivity contribution >= 4 is 35.2 Å². The summed E-state index contributed by atoms with van der Waals surface area (Å²) in [6.45, 7) is 8.02. The normalized spacial score (nSPS) is 20.8. The molecule has 94 valence electrons. The van der Waals surface area contributed by atoms with Crippen molar-refractivity contribution in [1.29, 1.82) is 5.26 Å². The van der Waals surface area contributed by atoms with Crippen molar-refractivity contribution in [3.05, 3.63) is 21.5 Å². The number of aromatic nitrogens is 1. The van der Waals surface area contributed by atoms with E-state index in [-0.39, 0.29) is 11.2 Å². The molecule has 0 spiro atoms. The predicted octanol–water partition coefficient (Wildman–Crippen LogP) is 1.86. The van der Waals surface area contributed by atoms with Crippen LogP contribution in [0, 0.1) is 15.0 Å². The minimum atomic E-state index is -0.446. The maximum atomic E-state index is 8.94. The van der Waals surface area contributed by atoms with Crippen LogP contribution in [-0.2, 0) is 9.31 Å². The Hall–Kier alpha value is -0.645. The molecule has 4 nitrogen and oxygen atoms in total. The topological polar surface area (TPSA) is 55.1 Å². The lowest BCUT2D eigenvalue weighted by Gasteiger charge is -2.32. The van der Waals surface area contributed by atoms with Gasteiger partial charge in [0.1, 0.15) is 15.5 Å². The van der Waals surface area contributed by atoms with E-state index in [4.69, 9.17) is 14.6 Å². The van der Waals surface area contributed by atoms with Crippen LogP contribution < -0.4 is 5.46 Å². The maximum Gasteiger partial charge on any atom is 0.495 e. The van der Waals surface area contributed by atoms with Gasteiger partial charge in [-0.3, -0.25) is 0 Å². The maximum absolute atomic E-state index is 8.94. The summed E-state index contributed by atoms with van der Waals surface area (Å²) in [5, 5.41) is 8.94. The molecule has 0 N–H and O–H groups in total. The molecule has 0 aromatic carbocycles. The van der Waals surface area contributed by atoms with Gasteiger partial charge >= 0.3 is 7.12 Å². The molecular weight excluding hydrogens is 342 g/mol. The summed E-state index contributed by atoms with van der Waals surface area (Å²) in [6.07, 6.45) is 0. The van der Waals surface area contributed by atoms with Crippen molar-refractivity contribution in [2.45, 2.75) is 38.9 Å². The summed E-state index contributed by atoms with van der Waals surface area (Å²) in [5.74, 6) is 0. The fraction of sp³-hybridized carbons (Fsp3) is 0.500. The molecule has 2 rings (SSSR count). The van der Waals surface area contributed by atoms with Crippen molar-refractivity contribution < 1.29 is 9.31 Å². The molecule has 0 aliphatic carbocycles. The average Bonchev–Trinajstić information content (AvgIpc) is 2.47. The summed E-state index contributed by atoms with van der Waals surface area (Å²) in [4.78, 5) is 4.11. The van der Waals surface area contributed by atoms with Crippen LogP contribution in [0.5, 0.6) is 0 Å². The van der Waals surface area contributed by atoms with Gasteiger partial charge in [0.2, 0.25) is 0 Å². The molecule has 1 aromatic rings. The van der Waals surface area contributed by atoms with E-state index in [0.717, 1.165) is 9.16 Å². The minimum Gasteiger partial charge on any atom is -0.399 e. The number of hydrogen-bond donors (Lipinski definition) is 0. The number of nitriles is 1. The largest absolute Gasteiger partial charge is 0.495 e. The highest BCUT2D eigenvalue weighted by Gasteiger charge is 2.51. The van der Waals surface area contributed by atoms with Gasteiger partial charge in [-0.25, -0.2) is 4.98 Å². The van der Waals surface area contributed by atoms with E-state index in [2.05, 4.69) is 27.6 Å². The zero-order chi connectivity index (χ0) is 13.6. The Morgan fingerprint density at radius 3 is 2.28 bits per heavy atom. The molecule has 0 saturated carbocycles. The number of pyridine rings is 1. The Bertz CT molecular complexity index is 509. The summed E-state index contributed by atoms with van der Waals surface area (Å²) in [5.41, 5.74) is 0.467. The quantitative estimate of drug-likeness (QED) is 0.438. The van der Waals surface area contributed by atoms with E-state index in [1.54, 1.807) is 6.07 Å². The molecule has 2 heterocycles. The minimum absolute atomic E-state index is 0.376. The van der Waals surface area contributed by atoms with Gasteiger partial charge in [-0.1, -0.05) is 0 Å². The molecule has 1 aromatic heterocycles. The first-order valence-corrected chi connectivity index (χ1v) is 6.76. The number of halogens is 1. The molecule has 6 heteroatoms. The Balaban J connectivity index is 2.36. The van der Waals surface area contributed by atoms with Crippen molar-refractivity contribution in [1.82, 2.24) is 4.98 Å². The number of hydrogen-bond acceptors (Lipinski definition) is 4. The second-order valence-corrected chi connectivity index (χ2v) is 6.41. The molecule has 1 aliphatic heterocycles. The zero-order valence-corrected chi connectivity index (χ0v) is 13.0.